The van der Waals surface area contributed by atoms with Gasteiger partial charge < -0.3 is 10.2 Å². The summed E-state index contributed by atoms with van der Waals surface area (Å²) in [5.74, 6) is -4.98. The van der Waals surface area contributed by atoms with Gasteiger partial charge in [-0.1, -0.05) is 12.1 Å². The maximum atomic E-state index is 13.0. The Balaban J connectivity index is 1.85. The number of hydrogen-bond donors (Lipinski definition) is 1. The largest absolute Gasteiger partial charge is 0.350 e. The molecule has 0 spiro atoms. The van der Waals surface area contributed by atoms with Gasteiger partial charge in [0, 0.05) is 27.2 Å². The highest BCUT2D eigenvalue weighted by molar-refractivity contribution is 7.93. The molecule has 0 bridgehead atoms. The van der Waals surface area contributed by atoms with Gasteiger partial charge in [0.05, 0.1) is 0 Å². The van der Waals surface area contributed by atoms with Crippen molar-refractivity contribution in [3.63, 3.8) is 0 Å². The van der Waals surface area contributed by atoms with Crippen molar-refractivity contribution >= 4 is 39.2 Å². The molecule has 1 saturated heterocycles. The van der Waals surface area contributed by atoms with Crippen LogP contribution in [0.3, 0.4) is 0 Å². The third-order valence-electron chi connectivity index (χ3n) is 5.26. The molecule has 10 nitrogen and oxygen atoms in total. The van der Waals surface area contributed by atoms with E-state index >= 15 is 0 Å². The van der Waals surface area contributed by atoms with Gasteiger partial charge >= 0.3 is 0 Å². The van der Waals surface area contributed by atoms with E-state index in [0.29, 0.717) is 12.0 Å². The van der Waals surface area contributed by atoms with Gasteiger partial charge in [-0.2, -0.15) is 0 Å². The predicted octanol–water partition coefficient (Wildman–Crippen LogP) is -0.714. The van der Waals surface area contributed by atoms with Crippen LogP contribution in [0.1, 0.15) is 18.4 Å². The number of piperidine rings is 1. The van der Waals surface area contributed by atoms with Crippen LogP contribution in [0.5, 0.6) is 0 Å². The number of ketones is 1. The van der Waals surface area contributed by atoms with E-state index in [1.165, 1.54) is 38.4 Å². The van der Waals surface area contributed by atoms with Crippen molar-refractivity contribution < 1.29 is 32.0 Å². The van der Waals surface area contributed by atoms with Crippen molar-refractivity contribution in [1.82, 2.24) is 15.1 Å². The molecule has 3 amide bonds. The second kappa shape index (κ2) is 9.15. The van der Waals surface area contributed by atoms with E-state index in [1.807, 2.05) is 0 Å². The lowest BCUT2D eigenvalue weighted by Crippen LogP contribution is -2.60. The molecule has 1 aromatic rings. The van der Waals surface area contributed by atoms with Gasteiger partial charge in [-0.05, 0) is 30.5 Å². The fourth-order valence-corrected chi connectivity index (χ4v) is 5.30. The number of benzene rings is 1. The second-order valence-electron chi connectivity index (χ2n) is 7.78. The number of carbonyl (C=O) groups is 4. The number of nitrogens with zero attached hydrogens (tertiary/aromatic N) is 3. The van der Waals surface area contributed by atoms with E-state index in [9.17, 15) is 32.0 Å². The molecule has 0 saturated carbocycles. The van der Waals surface area contributed by atoms with Crippen LogP contribution in [0.4, 0.5) is 4.39 Å². The van der Waals surface area contributed by atoms with Crippen molar-refractivity contribution in [2.75, 3.05) is 26.4 Å². The normalized spacial score (nSPS) is 21.0. The minimum Gasteiger partial charge on any atom is -0.350 e. The molecule has 12 heteroatoms. The number of nitrogens with one attached hydrogen (secondary N) is 1. The Labute approximate surface area is 184 Å². The van der Waals surface area contributed by atoms with Crippen molar-refractivity contribution in [2.45, 2.75) is 30.7 Å². The third kappa shape index (κ3) is 4.85. The summed E-state index contributed by atoms with van der Waals surface area (Å²) in [6.45, 7) is 0.0612. The molecule has 1 N–H and O–H groups in total. The first-order valence-corrected chi connectivity index (χ1v) is 11.6. The number of amidine groups is 1. The highest BCUT2D eigenvalue weighted by Crippen LogP contribution is 2.25. The molecule has 0 radical (unpaired) electrons. The van der Waals surface area contributed by atoms with Crippen LogP contribution in [-0.4, -0.2) is 85.2 Å². The molecule has 2 unspecified atom stereocenters. The monoisotopic (exact) mass is 466 g/mol. The number of hydrogen-bond acceptors (Lipinski definition) is 7. The van der Waals surface area contributed by atoms with Gasteiger partial charge in [0.1, 0.15) is 22.7 Å². The summed E-state index contributed by atoms with van der Waals surface area (Å²) in [5.41, 5.74) is 0.559. The van der Waals surface area contributed by atoms with Crippen LogP contribution in [0, 0.1) is 5.82 Å². The fourth-order valence-electron chi connectivity index (χ4n) is 3.46. The van der Waals surface area contributed by atoms with Gasteiger partial charge in [0.25, 0.3) is 17.6 Å². The van der Waals surface area contributed by atoms with Crippen molar-refractivity contribution in [3.05, 3.63) is 35.6 Å². The molecule has 3 rings (SSSR count). The molecular weight excluding hydrogens is 443 g/mol. The molecule has 2 aliphatic rings. The van der Waals surface area contributed by atoms with Gasteiger partial charge in [-0.25, -0.2) is 17.8 Å². The lowest BCUT2D eigenvalue weighted by Gasteiger charge is -2.37. The molecule has 1 aromatic carbocycles. The number of amides is 3. The molecule has 0 aliphatic carbocycles. The van der Waals surface area contributed by atoms with Crippen LogP contribution < -0.4 is 5.32 Å². The van der Waals surface area contributed by atoms with Crippen LogP contribution in [0.15, 0.2) is 29.3 Å². The van der Waals surface area contributed by atoms with E-state index in [0.717, 1.165) is 9.80 Å². The number of aliphatic imine (C=N–C) groups is 1. The van der Waals surface area contributed by atoms with Crippen LogP contribution in [-0.2, 0) is 35.6 Å². The molecule has 2 heterocycles. The Hall–Kier alpha value is -3.15. The molecule has 32 heavy (non-hydrogen) atoms. The standard InChI is InChI=1S/C20H23FN4O6S/c1-24(2)15(26)11-32(30,31)14-4-3-9-25-18(14)23-16(17(27)20(25)29)19(28)22-10-12-5-7-13(21)8-6-12/h5-8,14,16H,3-4,9-11H2,1-2H3,(H,22,28). The first-order valence-electron chi connectivity index (χ1n) is 9.88. The number of carbonyl (C=O) groups excluding carboxylic acids is 4. The van der Waals surface area contributed by atoms with Crippen LogP contribution in [0.25, 0.3) is 0 Å². The maximum absolute atomic E-state index is 13.0. The van der Waals surface area contributed by atoms with Crippen LogP contribution in [0.2, 0.25) is 0 Å². The molecule has 172 valence electrons. The van der Waals surface area contributed by atoms with Crippen molar-refractivity contribution in [1.29, 1.82) is 0 Å². The molecule has 2 atom stereocenters. The summed E-state index contributed by atoms with van der Waals surface area (Å²) in [6, 6.07) is 3.59. The average molecular weight is 466 g/mol. The Morgan fingerprint density at radius 3 is 2.50 bits per heavy atom. The van der Waals surface area contributed by atoms with Gasteiger partial charge in [-0.15, -0.1) is 0 Å². The Morgan fingerprint density at radius 1 is 1.22 bits per heavy atom. The van der Waals surface area contributed by atoms with Crippen molar-refractivity contribution in [3.8, 4) is 0 Å². The summed E-state index contributed by atoms with van der Waals surface area (Å²) >= 11 is 0. The summed E-state index contributed by atoms with van der Waals surface area (Å²) < 4.78 is 38.8. The Kier molecular flexibility index (Phi) is 6.72. The molecular formula is C20H23FN4O6S. The zero-order valence-corrected chi connectivity index (χ0v) is 18.4. The minimum atomic E-state index is -4.04. The van der Waals surface area contributed by atoms with Gasteiger partial charge in [-0.3, -0.25) is 24.1 Å². The predicted molar refractivity (Wildman–Crippen MR) is 112 cm³/mol. The first kappa shape index (κ1) is 23.5. The highest BCUT2D eigenvalue weighted by Gasteiger charge is 2.47. The number of rotatable bonds is 6. The quantitative estimate of drug-likeness (QED) is 0.435. The highest BCUT2D eigenvalue weighted by atomic mass is 32.2. The van der Waals surface area contributed by atoms with E-state index in [4.69, 9.17) is 0 Å². The third-order valence-corrected chi connectivity index (χ3v) is 7.23. The SMILES string of the molecule is CN(C)C(=O)CS(=O)(=O)C1CCCN2C(=O)C(=O)C(C(=O)NCc3ccc(F)cc3)N=C12. The summed E-state index contributed by atoms with van der Waals surface area (Å²) in [4.78, 5) is 55.8. The Morgan fingerprint density at radius 2 is 1.88 bits per heavy atom. The first-order chi connectivity index (χ1) is 15.0. The summed E-state index contributed by atoms with van der Waals surface area (Å²) in [6.07, 6.45) is 0.420. The van der Waals surface area contributed by atoms with Gasteiger partial charge in [0.15, 0.2) is 15.9 Å². The minimum absolute atomic E-state index is 0.0370. The fraction of sp³-hybridized carbons (Fsp3) is 0.450. The molecule has 1 fully saturated rings. The Bertz CT molecular complexity index is 1080. The van der Waals surface area contributed by atoms with E-state index in [2.05, 4.69) is 10.3 Å². The van der Waals surface area contributed by atoms with Crippen molar-refractivity contribution in [2.24, 2.45) is 4.99 Å². The summed E-state index contributed by atoms with van der Waals surface area (Å²) in [5, 5.41) is 1.19. The smallest absolute Gasteiger partial charge is 0.298 e. The zero-order chi connectivity index (χ0) is 23.6. The van der Waals surface area contributed by atoms with E-state index in [-0.39, 0.29) is 25.3 Å². The van der Waals surface area contributed by atoms with Gasteiger partial charge in [0.2, 0.25) is 5.91 Å². The van der Waals surface area contributed by atoms with E-state index in [1.54, 1.807) is 0 Å². The number of sulfone groups is 1. The van der Waals surface area contributed by atoms with E-state index < -0.39 is 56.2 Å². The topological polar surface area (TPSA) is 133 Å². The maximum Gasteiger partial charge on any atom is 0.298 e. The molecule has 2 aliphatic heterocycles. The number of fused-ring (bicyclic) bond motifs is 1. The van der Waals surface area contributed by atoms with Crippen LogP contribution >= 0.6 is 0 Å². The molecule has 0 aromatic heterocycles. The zero-order valence-electron chi connectivity index (χ0n) is 17.6. The summed E-state index contributed by atoms with van der Waals surface area (Å²) in [7, 11) is -1.19. The number of Topliss-reactive ketones (excluding diaryl/α,β-unsaturated/α-hetero) is 1. The second-order valence-corrected chi connectivity index (χ2v) is 9.96. The lowest BCUT2D eigenvalue weighted by atomic mass is 10.0. The average Bonchev–Trinajstić information content (AvgIpc) is 2.74. The lowest BCUT2D eigenvalue weighted by molar-refractivity contribution is -0.146. The number of halogens is 1.